The Morgan fingerprint density at radius 2 is 1.81 bits per heavy atom. The molecule has 1 aromatic carbocycles. The van der Waals surface area contributed by atoms with Gasteiger partial charge in [0.05, 0.1) is 0 Å². The van der Waals surface area contributed by atoms with Crippen LogP contribution in [0.15, 0.2) is 18.2 Å². The molecule has 1 rings (SSSR count). The number of hydrogen-bond donors (Lipinski definition) is 1. The standard InChI is InChI=1S/C14H24N2/c1-5-16(6-2)10-14(15)13-9-11(3)7-8-12(13)4/h7-9,14H,5-6,10,15H2,1-4H3. The Hall–Kier alpha value is -0.860. The quantitative estimate of drug-likeness (QED) is 0.826. The van der Waals surface area contributed by atoms with E-state index in [2.05, 4.69) is 50.8 Å². The molecule has 1 aromatic rings. The minimum atomic E-state index is 0.125. The summed E-state index contributed by atoms with van der Waals surface area (Å²) in [5.74, 6) is 0. The van der Waals surface area contributed by atoms with E-state index in [4.69, 9.17) is 5.73 Å². The Kier molecular flexibility index (Phi) is 4.97. The van der Waals surface area contributed by atoms with Crippen LogP contribution in [0.25, 0.3) is 0 Å². The molecule has 0 saturated heterocycles. The van der Waals surface area contributed by atoms with Crippen molar-refractivity contribution in [2.24, 2.45) is 5.73 Å². The molecule has 1 unspecified atom stereocenters. The summed E-state index contributed by atoms with van der Waals surface area (Å²) in [6, 6.07) is 6.64. The highest BCUT2D eigenvalue weighted by Crippen LogP contribution is 2.18. The smallest absolute Gasteiger partial charge is 0.0427 e. The van der Waals surface area contributed by atoms with Gasteiger partial charge in [-0.1, -0.05) is 37.6 Å². The molecule has 0 aliphatic carbocycles. The van der Waals surface area contributed by atoms with Crippen LogP contribution >= 0.6 is 0 Å². The Bertz CT molecular complexity index is 330. The van der Waals surface area contributed by atoms with E-state index in [1.54, 1.807) is 0 Å². The average molecular weight is 220 g/mol. The van der Waals surface area contributed by atoms with Crippen molar-refractivity contribution >= 4 is 0 Å². The van der Waals surface area contributed by atoms with Crippen LogP contribution in [0.4, 0.5) is 0 Å². The summed E-state index contributed by atoms with van der Waals surface area (Å²) in [4.78, 5) is 2.37. The fourth-order valence-electron chi connectivity index (χ4n) is 2.02. The first-order valence-corrected chi connectivity index (χ1v) is 6.13. The molecular weight excluding hydrogens is 196 g/mol. The molecule has 2 N–H and O–H groups in total. The molecule has 1 atom stereocenters. The summed E-state index contributed by atoms with van der Waals surface area (Å²) >= 11 is 0. The van der Waals surface area contributed by atoms with Crippen LogP contribution in [-0.2, 0) is 0 Å². The van der Waals surface area contributed by atoms with Gasteiger partial charge in [-0.05, 0) is 38.1 Å². The molecule has 0 aliphatic heterocycles. The van der Waals surface area contributed by atoms with Gasteiger partial charge < -0.3 is 10.6 Å². The summed E-state index contributed by atoms with van der Waals surface area (Å²) < 4.78 is 0. The Morgan fingerprint density at radius 1 is 1.19 bits per heavy atom. The molecule has 2 nitrogen and oxygen atoms in total. The highest BCUT2D eigenvalue weighted by Gasteiger charge is 2.12. The molecule has 16 heavy (non-hydrogen) atoms. The molecule has 0 saturated carbocycles. The fourth-order valence-corrected chi connectivity index (χ4v) is 2.02. The van der Waals surface area contributed by atoms with Gasteiger partial charge in [0.15, 0.2) is 0 Å². The van der Waals surface area contributed by atoms with Crippen LogP contribution in [0.5, 0.6) is 0 Å². The predicted octanol–water partition coefficient (Wildman–Crippen LogP) is 2.65. The Morgan fingerprint density at radius 3 is 2.38 bits per heavy atom. The lowest BCUT2D eigenvalue weighted by Gasteiger charge is -2.24. The van der Waals surface area contributed by atoms with Gasteiger partial charge in [0.1, 0.15) is 0 Å². The zero-order valence-corrected chi connectivity index (χ0v) is 11.0. The monoisotopic (exact) mass is 220 g/mol. The largest absolute Gasteiger partial charge is 0.323 e. The van der Waals surface area contributed by atoms with Gasteiger partial charge in [0.25, 0.3) is 0 Å². The maximum Gasteiger partial charge on any atom is 0.0427 e. The van der Waals surface area contributed by atoms with Crippen molar-refractivity contribution in [3.8, 4) is 0 Å². The summed E-state index contributed by atoms with van der Waals surface area (Å²) in [6.45, 7) is 11.7. The molecule has 0 amide bonds. The minimum absolute atomic E-state index is 0.125. The summed E-state index contributed by atoms with van der Waals surface area (Å²) in [5, 5.41) is 0. The summed E-state index contributed by atoms with van der Waals surface area (Å²) in [5.41, 5.74) is 10.1. The van der Waals surface area contributed by atoms with Gasteiger partial charge in [-0.25, -0.2) is 0 Å². The predicted molar refractivity (Wildman–Crippen MR) is 70.6 cm³/mol. The van der Waals surface area contributed by atoms with Gasteiger partial charge >= 0.3 is 0 Å². The number of likely N-dealkylation sites (N-methyl/N-ethyl adjacent to an activating group) is 1. The second kappa shape index (κ2) is 6.02. The van der Waals surface area contributed by atoms with E-state index in [-0.39, 0.29) is 6.04 Å². The van der Waals surface area contributed by atoms with Crippen molar-refractivity contribution in [2.75, 3.05) is 19.6 Å². The van der Waals surface area contributed by atoms with E-state index in [1.165, 1.54) is 16.7 Å². The Balaban J connectivity index is 2.79. The summed E-state index contributed by atoms with van der Waals surface area (Å²) in [6.07, 6.45) is 0. The molecule has 2 heteroatoms. The Labute approximate surface area is 99.5 Å². The van der Waals surface area contributed by atoms with E-state index >= 15 is 0 Å². The molecule has 0 fully saturated rings. The zero-order valence-electron chi connectivity index (χ0n) is 11.0. The van der Waals surface area contributed by atoms with Crippen LogP contribution in [-0.4, -0.2) is 24.5 Å². The van der Waals surface area contributed by atoms with Crippen molar-refractivity contribution in [3.63, 3.8) is 0 Å². The maximum absolute atomic E-state index is 6.28. The van der Waals surface area contributed by atoms with Crippen molar-refractivity contribution in [2.45, 2.75) is 33.7 Å². The van der Waals surface area contributed by atoms with E-state index in [0.717, 1.165) is 19.6 Å². The minimum Gasteiger partial charge on any atom is -0.323 e. The molecule has 0 radical (unpaired) electrons. The first-order chi connectivity index (χ1) is 7.58. The van der Waals surface area contributed by atoms with Crippen LogP contribution in [0.2, 0.25) is 0 Å². The van der Waals surface area contributed by atoms with Crippen molar-refractivity contribution in [1.29, 1.82) is 0 Å². The third-order valence-corrected chi connectivity index (χ3v) is 3.18. The highest BCUT2D eigenvalue weighted by molar-refractivity contribution is 5.32. The van der Waals surface area contributed by atoms with Gasteiger partial charge in [0, 0.05) is 12.6 Å². The van der Waals surface area contributed by atoms with E-state index in [9.17, 15) is 0 Å². The van der Waals surface area contributed by atoms with E-state index in [0.29, 0.717) is 0 Å². The maximum atomic E-state index is 6.28. The van der Waals surface area contributed by atoms with Gasteiger partial charge in [-0.15, -0.1) is 0 Å². The third-order valence-electron chi connectivity index (χ3n) is 3.18. The topological polar surface area (TPSA) is 29.3 Å². The molecular formula is C14H24N2. The lowest BCUT2D eigenvalue weighted by atomic mass is 9.99. The second-order valence-electron chi connectivity index (χ2n) is 4.45. The number of hydrogen-bond acceptors (Lipinski definition) is 2. The first-order valence-electron chi connectivity index (χ1n) is 6.13. The number of benzene rings is 1. The normalized spacial score (nSPS) is 13.1. The van der Waals surface area contributed by atoms with Gasteiger partial charge in [-0.2, -0.15) is 0 Å². The summed E-state index contributed by atoms with van der Waals surface area (Å²) in [7, 11) is 0. The highest BCUT2D eigenvalue weighted by atomic mass is 15.1. The third kappa shape index (κ3) is 3.32. The van der Waals surface area contributed by atoms with Crippen molar-refractivity contribution in [3.05, 3.63) is 34.9 Å². The number of nitrogens with two attached hydrogens (primary N) is 1. The average Bonchev–Trinajstić information content (AvgIpc) is 2.28. The van der Waals surface area contributed by atoms with Crippen LogP contribution in [0.1, 0.15) is 36.6 Å². The number of nitrogens with zero attached hydrogens (tertiary/aromatic N) is 1. The van der Waals surface area contributed by atoms with Crippen LogP contribution < -0.4 is 5.73 Å². The van der Waals surface area contributed by atoms with Crippen LogP contribution in [0, 0.1) is 13.8 Å². The molecule has 0 spiro atoms. The van der Waals surface area contributed by atoms with E-state index in [1.807, 2.05) is 0 Å². The second-order valence-corrected chi connectivity index (χ2v) is 4.45. The molecule has 0 heterocycles. The molecule has 0 aromatic heterocycles. The molecule has 90 valence electrons. The van der Waals surface area contributed by atoms with Gasteiger partial charge in [-0.3, -0.25) is 0 Å². The van der Waals surface area contributed by atoms with Crippen molar-refractivity contribution in [1.82, 2.24) is 4.90 Å². The van der Waals surface area contributed by atoms with E-state index < -0.39 is 0 Å². The molecule has 0 aliphatic rings. The molecule has 0 bridgehead atoms. The SMILES string of the molecule is CCN(CC)CC(N)c1cc(C)ccc1C. The zero-order chi connectivity index (χ0) is 12.1. The number of aryl methyl sites for hydroxylation is 2. The lowest BCUT2D eigenvalue weighted by molar-refractivity contribution is 0.284. The van der Waals surface area contributed by atoms with Crippen molar-refractivity contribution < 1.29 is 0 Å². The lowest BCUT2D eigenvalue weighted by Crippen LogP contribution is -2.32. The number of rotatable bonds is 5. The fraction of sp³-hybridized carbons (Fsp3) is 0.571. The van der Waals surface area contributed by atoms with Crippen LogP contribution in [0.3, 0.4) is 0 Å². The van der Waals surface area contributed by atoms with Gasteiger partial charge in [0.2, 0.25) is 0 Å². The first kappa shape index (κ1) is 13.2.